The Labute approximate surface area is 166 Å². The van der Waals surface area contributed by atoms with Crippen LogP contribution >= 0.6 is 11.6 Å². The lowest BCUT2D eigenvalue weighted by atomic mass is 10.00. The number of anilines is 1. The fourth-order valence-electron chi connectivity index (χ4n) is 2.80. The third kappa shape index (κ3) is 4.33. The van der Waals surface area contributed by atoms with Crippen LogP contribution in [0.1, 0.15) is 16.7 Å². The predicted molar refractivity (Wildman–Crippen MR) is 104 cm³/mol. The van der Waals surface area contributed by atoms with E-state index in [1.807, 2.05) is 4.72 Å². The van der Waals surface area contributed by atoms with Crippen molar-refractivity contribution in [3.8, 4) is 5.75 Å². The smallest absolute Gasteiger partial charge is 0.330 e. The van der Waals surface area contributed by atoms with Crippen LogP contribution in [0, 0.1) is 0 Å². The molecule has 5 N–H and O–H groups in total. The van der Waals surface area contributed by atoms with E-state index in [1.165, 1.54) is 12.1 Å². The van der Waals surface area contributed by atoms with Crippen LogP contribution in [0.15, 0.2) is 48.5 Å². The minimum Gasteiger partial charge on any atom is -0.506 e. The lowest BCUT2D eigenvalue weighted by Crippen LogP contribution is -2.29. The lowest BCUT2D eigenvalue weighted by Gasteiger charge is -2.16. The third-order valence-corrected chi connectivity index (χ3v) is 6.30. The van der Waals surface area contributed by atoms with Crippen LogP contribution < -0.4 is 14.2 Å². The van der Waals surface area contributed by atoms with Crippen molar-refractivity contribution in [2.24, 2.45) is 5.14 Å². The maximum absolute atomic E-state index is 11.9. The largest absolute Gasteiger partial charge is 0.506 e. The second kappa shape index (κ2) is 7.17. The van der Waals surface area contributed by atoms with E-state index in [2.05, 4.69) is 0 Å². The van der Waals surface area contributed by atoms with Crippen molar-refractivity contribution in [3.63, 3.8) is 0 Å². The number of hydrogen-bond donors (Lipinski definition) is 4. The van der Waals surface area contributed by atoms with E-state index >= 15 is 0 Å². The summed E-state index contributed by atoms with van der Waals surface area (Å²) >= 11 is 6.11. The monoisotopic (exact) mass is 445 g/mol. The maximum atomic E-state index is 11.9. The molecule has 3 rings (SSSR count). The van der Waals surface area contributed by atoms with E-state index < -0.39 is 31.9 Å². The summed E-state index contributed by atoms with van der Waals surface area (Å²) in [5.74, 6) is -1.35. The Bertz CT molecular complexity index is 1180. The molecule has 1 aliphatic heterocycles. The minimum absolute atomic E-state index is 0.0591. The average Bonchev–Trinajstić information content (AvgIpc) is 2.82. The van der Waals surface area contributed by atoms with Crippen LogP contribution in [0.2, 0.25) is 5.02 Å². The van der Waals surface area contributed by atoms with Crippen molar-refractivity contribution >= 4 is 37.5 Å². The molecule has 0 atom stereocenters. The second-order valence-electron chi connectivity index (χ2n) is 6.10. The van der Waals surface area contributed by atoms with Gasteiger partial charge in [0, 0.05) is 5.02 Å². The van der Waals surface area contributed by atoms with Gasteiger partial charge in [0.05, 0.1) is 12.0 Å². The number of sulfonamides is 1. The Kier molecular flexibility index (Phi) is 5.19. The number of hydrogen-bond acceptors (Lipinski definition) is 6. The van der Waals surface area contributed by atoms with Crippen LogP contribution in [0.25, 0.3) is 0 Å². The van der Waals surface area contributed by atoms with E-state index in [0.717, 1.165) is 6.20 Å². The van der Waals surface area contributed by atoms with Crippen molar-refractivity contribution in [2.45, 2.75) is 12.2 Å². The highest BCUT2D eigenvalue weighted by Crippen LogP contribution is 2.33. The summed E-state index contributed by atoms with van der Waals surface area (Å²) < 4.78 is 49.4. The van der Waals surface area contributed by atoms with Crippen molar-refractivity contribution in [2.75, 3.05) is 4.31 Å². The summed E-state index contributed by atoms with van der Waals surface area (Å²) in [5, 5.41) is 25.0. The molecule has 9 nitrogen and oxygen atoms in total. The Morgan fingerprint density at radius 3 is 2.46 bits per heavy atom. The van der Waals surface area contributed by atoms with Crippen molar-refractivity contribution < 1.29 is 27.0 Å². The molecule has 150 valence electrons. The number of aliphatic hydroxyl groups is 1. The summed E-state index contributed by atoms with van der Waals surface area (Å²) in [6, 6.07) is 9.17. The first kappa shape index (κ1) is 20.3. The van der Waals surface area contributed by atoms with Crippen LogP contribution in [0.5, 0.6) is 5.75 Å². The first-order valence-corrected chi connectivity index (χ1v) is 11.3. The molecule has 0 aliphatic carbocycles. The van der Waals surface area contributed by atoms with Gasteiger partial charge in [0.2, 0.25) is 15.9 Å². The molecular weight excluding hydrogens is 430 g/mol. The van der Waals surface area contributed by atoms with Gasteiger partial charge in [-0.1, -0.05) is 29.8 Å². The van der Waals surface area contributed by atoms with Crippen LogP contribution in [-0.2, 0) is 32.4 Å². The Hall–Kier alpha value is -2.47. The zero-order chi connectivity index (χ0) is 20.7. The van der Waals surface area contributed by atoms with Crippen LogP contribution in [-0.4, -0.2) is 27.0 Å². The molecule has 0 amide bonds. The predicted octanol–water partition coefficient (Wildman–Crippen LogP) is 1.44. The first-order chi connectivity index (χ1) is 13.0. The summed E-state index contributed by atoms with van der Waals surface area (Å²) in [5.41, 5.74) is 1.48. The van der Waals surface area contributed by atoms with Gasteiger partial charge in [-0.15, -0.1) is 0 Å². The fraction of sp³-hybridized carbons (Fsp3) is 0.125. The number of nitrogens with two attached hydrogens (primary N) is 1. The number of phenols is 1. The number of primary sulfonamides is 1. The van der Waals surface area contributed by atoms with Gasteiger partial charge >= 0.3 is 10.2 Å². The SMILES string of the molecule is NS(=O)(=O)Cc1c(Cl)cccc1Cc1ccc(N2C=C(O)NS2(=O)=O)c(O)c1. The number of aliphatic hydroxyl groups excluding tert-OH is 1. The molecule has 0 aromatic heterocycles. The summed E-state index contributed by atoms with van der Waals surface area (Å²) in [4.78, 5) is 0. The highest BCUT2D eigenvalue weighted by molar-refractivity contribution is 7.91. The summed E-state index contributed by atoms with van der Waals surface area (Å²) in [6.07, 6.45) is 1.15. The molecule has 0 bridgehead atoms. The highest BCUT2D eigenvalue weighted by Gasteiger charge is 2.30. The second-order valence-corrected chi connectivity index (χ2v) is 9.67. The normalized spacial score (nSPS) is 15.9. The number of aromatic hydroxyl groups is 1. The van der Waals surface area contributed by atoms with Crippen molar-refractivity contribution in [3.05, 3.63) is 70.2 Å². The van der Waals surface area contributed by atoms with E-state index in [-0.39, 0.29) is 22.9 Å². The molecule has 0 saturated carbocycles. The molecule has 2 aromatic carbocycles. The molecule has 1 heterocycles. The zero-order valence-corrected chi connectivity index (χ0v) is 16.6. The van der Waals surface area contributed by atoms with Gasteiger partial charge in [0.1, 0.15) is 11.4 Å². The number of halogens is 1. The number of nitrogens with zero attached hydrogens (tertiary/aromatic N) is 1. The molecule has 2 aromatic rings. The van der Waals surface area contributed by atoms with E-state index in [0.29, 0.717) is 21.0 Å². The van der Waals surface area contributed by atoms with Gasteiger partial charge in [0.15, 0.2) is 0 Å². The zero-order valence-electron chi connectivity index (χ0n) is 14.2. The van der Waals surface area contributed by atoms with E-state index in [4.69, 9.17) is 16.7 Å². The van der Waals surface area contributed by atoms with Gasteiger partial charge in [0.25, 0.3) is 0 Å². The third-order valence-electron chi connectivity index (χ3n) is 3.97. The van der Waals surface area contributed by atoms with Gasteiger partial charge in [-0.25, -0.2) is 22.6 Å². The highest BCUT2D eigenvalue weighted by atomic mass is 35.5. The van der Waals surface area contributed by atoms with E-state index in [9.17, 15) is 27.0 Å². The molecule has 0 spiro atoms. The molecule has 0 radical (unpaired) electrons. The lowest BCUT2D eigenvalue weighted by molar-refractivity contribution is 0.392. The minimum atomic E-state index is -4.03. The number of benzene rings is 2. The number of rotatable bonds is 5. The van der Waals surface area contributed by atoms with Gasteiger partial charge in [-0.3, -0.25) is 0 Å². The maximum Gasteiger partial charge on any atom is 0.330 e. The van der Waals surface area contributed by atoms with Gasteiger partial charge in [-0.05, 0) is 41.3 Å². The number of phenolic OH excluding ortho intramolecular Hbond substituents is 1. The molecule has 0 unspecified atom stereocenters. The molecule has 0 saturated heterocycles. The molecule has 0 fully saturated rings. The number of nitrogens with one attached hydrogen (secondary N) is 1. The summed E-state index contributed by atoms with van der Waals surface area (Å²) in [6.45, 7) is 0. The Morgan fingerprint density at radius 2 is 1.89 bits per heavy atom. The van der Waals surface area contributed by atoms with Crippen molar-refractivity contribution in [1.29, 1.82) is 0 Å². The topological polar surface area (TPSA) is 150 Å². The van der Waals surface area contributed by atoms with Crippen LogP contribution in [0.3, 0.4) is 0 Å². The molecule has 28 heavy (non-hydrogen) atoms. The van der Waals surface area contributed by atoms with Crippen molar-refractivity contribution in [1.82, 2.24) is 4.72 Å². The quantitative estimate of drug-likeness (QED) is 0.546. The molecule has 1 aliphatic rings. The van der Waals surface area contributed by atoms with E-state index in [1.54, 1.807) is 24.3 Å². The first-order valence-electron chi connectivity index (χ1n) is 7.78. The van der Waals surface area contributed by atoms with Gasteiger partial charge < -0.3 is 10.2 Å². The molecule has 12 heteroatoms. The fourth-order valence-corrected chi connectivity index (χ4v) is 4.95. The molecular formula is C16H16ClN3O6S2. The summed E-state index contributed by atoms with van der Waals surface area (Å²) in [7, 11) is -7.84. The Balaban J connectivity index is 1.94. The average molecular weight is 446 g/mol. The Morgan fingerprint density at radius 1 is 1.18 bits per heavy atom. The standard InChI is InChI=1S/C16H16ClN3O6S2/c17-13-3-1-2-11(12(13)9-27(18,23)24)6-10-4-5-14(15(21)7-10)20-8-16(22)19-28(20,25)26/h1-5,7-8,19,21-22H,6,9H2,(H2,18,23,24). The van der Waals surface area contributed by atoms with Crippen LogP contribution in [0.4, 0.5) is 5.69 Å². The van der Waals surface area contributed by atoms with Gasteiger partial charge in [-0.2, -0.15) is 8.42 Å².